The molecule has 0 heterocycles. The average molecular weight is 237 g/mol. The molecule has 0 spiro atoms. The second-order valence-electron chi connectivity index (χ2n) is 5.68. The zero-order chi connectivity index (χ0) is 12.5. The van der Waals surface area contributed by atoms with Crippen molar-refractivity contribution in [1.82, 2.24) is 0 Å². The molecule has 1 saturated carbocycles. The van der Waals surface area contributed by atoms with Crippen LogP contribution in [0.4, 0.5) is 4.39 Å². The predicted molar refractivity (Wildman–Crippen MR) is 66.4 cm³/mol. The molecule has 17 heavy (non-hydrogen) atoms. The summed E-state index contributed by atoms with van der Waals surface area (Å²) in [5.74, 6) is 0.454. The summed E-state index contributed by atoms with van der Waals surface area (Å²) in [5, 5.41) is 0. The third-order valence-corrected chi connectivity index (χ3v) is 3.49. The van der Waals surface area contributed by atoms with Crippen LogP contribution in [0.3, 0.4) is 0 Å². The standard InChI is InChI=1S/C14H20FNO/c1-14(2)8-7-12(16)13(9-14)17-11-5-3-10(15)4-6-11/h3-6,12-13H,7-9,16H2,1-2H3. The van der Waals surface area contributed by atoms with Gasteiger partial charge in [0, 0.05) is 6.04 Å². The van der Waals surface area contributed by atoms with E-state index >= 15 is 0 Å². The Hall–Kier alpha value is -1.09. The summed E-state index contributed by atoms with van der Waals surface area (Å²) in [7, 11) is 0. The summed E-state index contributed by atoms with van der Waals surface area (Å²) in [6.07, 6.45) is 3.10. The van der Waals surface area contributed by atoms with Gasteiger partial charge in [0.1, 0.15) is 17.7 Å². The molecule has 2 atom stereocenters. The van der Waals surface area contributed by atoms with E-state index in [0.29, 0.717) is 5.75 Å². The maximum atomic E-state index is 12.8. The topological polar surface area (TPSA) is 35.2 Å². The first-order valence-electron chi connectivity index (χ1n) is 6.14. The van der Waals surface area contributed by atoms with Gasteiger partial charge in [-0.3, -0.25) is 0 Å². The van der Waals surface area contributed by atoms with Crippen molar-refractivity contribution < 1.29 is 9.13 Å². The van der Waals surface area contributed by atoms with Crippen molar-refractivity contribution in [2.75, 3.05) is 0 Å². The molecule has 0 aliphatic heterocycles. The third kappa shape index (κ3) is 3.19. The van der Waals surface area contributed by atoms with E-state index < -0.39 is 0 Å². The van der Waals surface area contributed by atoms with Crippen LogP contribution in [0.2, 0.25) is 0 Å². The van der Waals surface area contributed by atoms with E-state index in [0.717, 1.165) is 19.3 Å². The zero-order valence-corrected chi connectivity index (χ0v) is 10.4. The van der Waals surface area contributed by atoms with E-state index in [9.17, 15) is 4.39 Å². The van der Waals surface area contributed by atoms with Gasteiger partial charge in [-0.25, -0.2) is 4.39 Å². The Morgan fingerprint density at radius 1 is 1.29 bits per heavy atom. The predicted octanol–water partition coefficient (Wildman–Crippen LogP) is 3.11. The van der Waals surface area contributed by atoms with Crippen molar-refractivity contribution in [3.8, 4) is 5.75 Å². The molecule has 0 radical (unpaired) electrons. The normalized spacial score (nSPS) is 27.8. The Balaban J connectivity index is 2.04. The van der Waals surface area contributed by atoms with Crippen molar-refractivity contribution in [3.63, 3.8) is 0 Å². The summed E-state index contributed by atoms with van der Waals surface area (Å²) in [5.41, 5.74) is 6.36. The molecule has 2 rings (SSSR count). The average Bonchev–Trinajstić information content (AvgIpc) is 2.26. The lowest BCUT2D eigenvalue weighted by Crippen LogP contribution is -2.46. The van der Waals surface area contributed by atoms with Gasteiger partial charge in [0.2, 0.25) is 0 Å². The molecule has 0 saturated heterocycles. The van der Waals surface area contributed by atoms with Gasteiger partial charge in [-0.05, 0) is 48.9 Å². The number of hydrogen-bond acceptors (Lipinski definition) is 2. The van der Waals surface area contributed by atoms with Gasteiger partial charge in [-0.15, -0.1) is 0 Å². The highest BCUT2D eigenvalue weighted by molar-refractivity contribution is 5.22. The van der Waals surface area contributed by atoms with E-state index in [-0.39, 0.29) is 23.4 Å². The first kappa shape index (κ1) is 12.4. The monoisotopic (exact) mass is 237 g/mol. The molecule has 1 aliphatic carbocycles. The minimum Gasteiger partial charge on any atom is -0.489 e. The molecule has 0 bridgehead atoms. The molecule has 2 unspecified atom stereocenters. The van der Waals surface area contributed by atoms with Crippen molar-refractivity contribution in [1.29, 1.82) is 0 Å². The Morgan fingerprint density at radius 3 is 2.59 bits per heavy atom. The summed E-state index contributed by atoms with van der Waals surface area (Å²) in [6, 6.07) is 6.21. The van der Waals surface area contributed by atoms with Gasteiger partial charge in [0.15, 0.2) is 0 Å². The van der Waals surface area contributed by atoms with Crippen LogP contribution in [0.5, 0.6) is 5.75 Å². The van der Waals surface area contributed by atoms with Gasteiger partial charge < -0.3 is 10.5 Å². The highest BCUT2D eigenvalue weighted by Gasteiger charge is 2.34. The van der Waals surface area contributed by atoms with Crippen LogP contribution in [0.25, 0.3) is 0 Å². The first-order valence-corrected chi connectivity index (χ1v) is 6.14. The van der Waals surface area contributed by atoms with Crippen LogP contribution in [-0.4, -0.2) is 12.1 Å². The molecule has 1 fully saturated rings. The van der Waals surface area contributed by atoms with Gasteiger partial charge >= 0.3 is 0 Å². The molecule has 0 aromatic heterocycles. The lowest BCUT2D eigenvalue weighted by molar-refractivity contribution is 0.0668. The molecule has 94 valence electrons. The van der Waals surface area contributed by atoms with E-state index in [1.807, 2.05) is 0 Å². The van der Waals surface area contributed by atoms with E-state index in [1.54, 1.807) is 12.1 Å². The Kier molecular flexibility index (Phi) is 3.38. The number of benzene rings is 1. The SMILES string of the molecule is CC1(C)CCC(N)C(Oc2ccc(F)cc2)C1. The number of rotatable bonds is 2. The van der Waals surface area contributed by atoms with Crippen LogP contribution in [0.15, 0.2) is 24.3 Å². The number of ether oxygens (including phenoxy) is 1. The quantitative estimate of drug-likeness (QED) is 0.857. The molecule has 1 aliphatic rings. The molecule has 1 aromatic rings. The van der Waals surface area contributed by atoms with Gasteiger partial charge in [0.05, 0.1) is 0 Å². The minimum absolute atomic E-state index is 0.0317. The smallest absolute Gasteiger partial charge is 0.123 e. The summed E-state index contributed by atoms with van der Waals surface area (Å²) in [6.45, 7) is 4.47. The van der Waals surface area contributed by atoms with Crippen LogP contribution in [0, 0.1) is 11.2 Å². The molecule has 2 nitrogen and oxygen atoms in total. The van der Waals surface area contributed by atoms with E-state index in [1.165, 1.54) is 12.1 Å². The molecular formula is C14H20FNO. The van der Waals surface area contributed by atoms with Crippen LogP contribution < -0.4 is 10.5 Å². The number of hydrogen-bond donors (Lipinski definition) is 1. The lowest BCUT2D eigenvalue weighted by Gasteiger charge is -2.39. The van der Waals surface area contributed by atoms with Crippen molar-refractivity contribution in [3.05, 3.63) is 30.1 Å². The highest BCUT2D eigenvalue weighted by atomic mass is 19.1. The van der Waals surface area contributed by atoms with E-state index in [4.69, 9.17) is 10.5 Å². The molecule has 3 heteroatoms. The van der Waals surface area contributed by atoms with Crippen LogP contribution in [-0.2, 0) is 0 Å². The highest BCUT2D eigenvalue weighted by Crippen LogP contribution is 2.36. The van der Waals surface area contributed by atoms with Gasteiger partial charge in [-0.2, -0.15) is 0 Å². The molecule has 0 amide bonds. The van der Waals surface area contributed by atoms with Gasteiger partial charge in [0.25, 0.3) is 0 Å². The van der Waals surface area contributed by atoms with Crippen LogP contribution in [0.1, 0.15) is 33.1 Å². The largest absolute Gasteiger partial charge is 0.489 e. The van der Waals surface area contributed by atoms with Crippen molar-refractivity contribution >= 4 is 0 Å². The second-order valence-corrected chi connectivity index (χ2v) is 5.68. The number of halogens is 1. The zero-order valence-electron chi connectivity index (χ0n) is 10.4. The summed E-state index contributed by atoms with van der Waals surface area (Å²) < 4.78 is 18.7. The van der Waals surface area contributed by atoms with Crippen molar-refractivity contribution in [2.45, 2.75) is 45.3 Å². The first-order chi connectivity index (χ1) is 7.96. The van der Waals surface area contributed by atoms with Crippen LogP contribution >= 0.6 is 0 Å². The molecule has 1 aromatic carbocycles. The summed E-state index contributed by atoms with van der Waals surface area (Å²) >= 11 is 0. The van der Waals surface area contributed by atoms with Crippen molar-refractivity contribution in [2.24, 2.45) is 11.1 Å². The maximum Gasteiger partial charge on any atom is 0.123 e. The Labute approximate surface area is 102 Å². The summed E-state index contributed by atoms with van der Waals surface area (Å²) in [4.78, 5) is 0. The maximum absolute atomic E-state index is 12.8. The molecular weight excluding hydrogens is 217 g/mol. The fraction of sp³-hybridized carbons (Fsp3) is 0.571. The Morgan fingerprint density at radius 2 is 1.94 bits per heavy atom. The number of nitrogens with two attached hydrogens (primary N) is 1. The van der Waals surface area contributed by atoms with Gasteiger partial charge in [-0.1, -0.05) is 13.8 Å². The third-order valence-electron chi connectivity index (χ3n) is 3.49. The fourth-order valence-corrected chi connectivity index (χ4v) is 2.36. The fourth-order valence-electron chi connectivity index (χ4n) is 2.36. The second kappa shape index (κ2) is 4.65. The molecule has 2 N–H and O–H groups in total. The van der Waals surface area contributed by atoms with E-state index in [2.05, 4.69) is 13.8 Å². The lowest BCUT2D eigenvalue weighted by atomic mass is 9.74. The Bertz CT molecular complexity index is 374. The minimum atomic E-state index is -0.245.